The number of pyridine rings is 4. The second kappa shape index (κ2) is 43.0. The van der Waals surface area contributed by atoms with Gasteiger partial charge in [0.15, 0.2) is 56.2 Å². The van der Waals surface area contributed by atoms with E-state index in [0.29, 0.717) is 130 Å². The van der Waals surface area contributed by atoms with Crippen molar-refractivity contribution >= 4 is 161 Å². The van der Waals surface area contributed by atoms with E-state index >= 15 is 0 Å². The summed E-state index contributed by atoms with van der Waals surface area (Å²) in [6.07, 6.45) is -9.13. The maximum atomic E-state index is 14.4. The van der Waals surface area contributed by atoms with Crippen LogP contribution in [0, 0.1) is 17.5 Å². The van der Waals surface area contributed by atoms with Crippen molar-refractivity contribution < 1.29 is 96.2 Å². The van der Waals surface area contributed by atoms with Gasteiger partial charge in [-0.2, -0.15) is 26.3 Å². The van der Waals surface area contributed by atoms with E-state index in [1.165, 1.54) is 106 Å². The Bertz CT molecular complexity index is 9270. The molecule has 1 aliphatic heterocycles. The highest BCUT2D eigenvalue weighted by Crippen LogP contribution is 2.46. The SMILES string of the molecule is CCN(CC)c1ccc2c(c1)c1oc(=O)c(Sc3ccc(C(F)(F)F)cc3)c(O)c1c(=O)n2Cc1cccc(OC)c1.COc1ccc(Cn2c(=O)c3c(O)c(Sc4cccc(C(F)(F)F)c4)c(=O)oc3c3cc(OC)c(OC)cc32)cc1.Nc1nc2c(s1)c(=O)oc1c3ccccc3n(Cc3ccccc3F)c(=O)c21.O=c1oc2c(c(O)c1Sc1ccccc1F)c(=O)n(Cc1cccc(F)c1)c1ccc(N3CCOCC3)cc21. The summed E-state index contributed by atoms with van der Waals surface area (Å²) in [5, 5.41) is 35.2. The molecule has 5 N–H and O–H groups in total. The summed E-state index contributed by atoms with van der Waals surface area (Å²) in [7, 11) is 5.92. The van der Waals surface area contributed by atoms with Crippen molar-refractivity contribution in [2.24, 2.45) is 0 Å². The van der Waals surface area contributed by atoms with Gasteiger partial charge in [-0.05, 0) is 182 Å². The number of thiazole rings is 1. The van der Waals surface area contributed by atoms with Gasteiger partial charge in [-0.15, -0.1) is 0 Å². The molecule has 41 heteroatoms. The van der Waals surface area contributed by atoms with Crippen LogP contribution in [0.4, 0.5) is 56.0 Å². The molecule has 10 heterocycles. The van der Waals surface area contributed by atoms with Crippen LogP contribution < -0.4 is 79.2 Å². The highest BCUT2D eigenvalue weighted by atomic mass is 32.2. The Balaban J connectivity index is 0.000000132. The molecule has 21 rings (SSSR count). The third kappa shape index (κ3) is 20.7. The number of aromatic nitrogens is 5. The van der Waals surface area contributed by atoms with Crippen LogP contribution in [-0.2, 0) is 43.3 Å². The number of nitrogens with two attached hydrogens (primary N) is 1. The molecule has 20 aromatic rings. The Kier molecular flexibility index (Phi) is 29.7. The molecule has 11 aromatic carbocycles. The van der Waals surface area contributed by atoms with Crippen molar-refractivity contribution in [1.82, 2.24) is 23.3 Å². The zero-order valence-electron chi connectivity index (χ0n) is 79.7. The van der Waals surface area contributed by atoms with Gasteiger partial charge in [0.2, 0.25) is 0 Å². The van der Waals surface area contributed by atoms with Crippen LogP contribution in [-0.4, -0.2) is 106 Å². The lowest BCUT2D eigenvalue weighted by Gasteiger charge is -2.29. The Labute approximate surface area is 856 Å². The second-order valence-corrected chi connectivity index (χ2v) is 38.1. The quantitative estimate of drug-likeness (QED) is 0.0362. The van der Waals surface area contributed by atoms with Crippen LogP contribution >= 0.6 is 46.6 Å². The van der Waals surface area contributed by atoms with Gasteiger partial charge in [0.25, 0.3) is 22.2 Å². The molecule has 1 fully saturated rings. The lowest BCUT2D eigenvalue weighted by molar-refractivity contribution is -0.138. The number of anilines is 3. The molecular weight excluding hydrogens is 2040 g/mol. The molecule has 0 saturated carbocycles. The third-order valence-electron chi connectivity index (χ3n) is 24.8. The number of aromatic hydroxyl groups is 3. The second-order valence-electron chi connectivity index (χ2n) is 33.8. The van der Waals surface area contributed by atoms with Crippen molar-refractivity contribution in [3.63, 3.8) is 0 Å². The number of methoxy groups -OCH3 is 4. The van der Waals surface area contributed by atoms with Crippen LogP contribution in [0.1, 0.15) is 47.2 Å². The van der Waals surface area contributed by atoms with Gasteiger partial charge in [0.1, 0.15) is 75.4 Å². The summed E-state index contributed by atoms with van der Waals surface area (Å²) in [6, 6.07) is 61.6. The summed E-state index contributed by atoms with van der Waals surface area (Å²) >= 11 is 2.94. The molecule has 1 saturated heterocycles. The van der Waals surface area contributed by atoms with Crippen molar-refractivity contribution in [3.8, 4) is 40.2 Å². The van der Waals surface area contributed by atoms with Crippen LogP contribution in [0.5, 0.6) is 40.2 Å². The number of alkyl halides is 6. The van der Waals surface area contributed by atoms with Crippen molar-refractivity contribution in [3.05, 3.63) is 377 Å². The first kappa shape index (κ1) is 103. The van der Waals surface area contributed by atoms with Gasteiger partial charge in [-0.25, -0.2) is 37.3 Å². The standard InChI is InChI=1S/C31H27F3N2O5S.C29H22F3NO7S.C29H22F2N2O5S.C20H12FN3O3S/c1-4-35(5-2)20-11-14-24-23(16-20)27-25(29(38)36(24)17-18-7-6-8-21(15-18)40-3)26(37)28(30(39)41-27)42-22-12-9-19(10-13-22)31(32,33)34;1-37-17-9-7-15(8-10-17)14-33-20-13-22(39-3)21(38-2)12-19(20)25-23(27(33)35)24(34)26(28(36)40-25)41-18-6-4-5-16(11-18)29(30,31)32;30-18-5-3-4-17(14-18)16-33-22-9-8-19(32-10-12-37-13-11-32)15-20(22)26-24(28(33)35)25(34)27(29(36)38-26)39-23-7-2-1-6-21(23)31;21-12-7-3-1-5-10(12)9-24-13-8-4-2-6-11(13)16-14(18(24)25)15-17(19(26)27-16)28-20(22)23-15/h6-16,37H,4-5,17H2,1-3H3;4-13,34H,14H2,1-3H3;1-9,14-15,34H,10-13,16H2;1-8H,9H2,(H2,22,23). The summed E-state index contributed by atoms with van der Waals surface area (Å²) in [6.45, 7) is 8.10. The Morgan fingerprint density at radius 2 is 0.913 bits per heavy atom. The number of halogens is 9. The lowest BCUT2D eigenvalue weighted by atomic mass is 10.1. The largest absolute Gasteiger partial charge is 0.505 e. The molecule has 150 heavy (non-hydrogen) atoms. The number of para-hydroxylation sites is 1. The number of rotatable bonds is 22. The van der Waals surface area contributed by atoms with E-state index in [1.807, 2.05) is 38.1 Å². The fraction of sp³-hybridized carbons (Fsp3) is 0.165. The predicted molar refractivity (Wildman–Crippen MR) is 556 cm³/mol. The molecule has 766 valence electrons. The van der Waals surface area contributed by atoms with Crippen LogP contribution in [0.3, 0.4) is 0 Å². The van der Waals surface area contributed by atoms with E-state index in [2.05, 4.69) is 14.8 Å². The van der Waals surface area contributed by atoms with Gasteiger partial charge < -0.3 is 90.5 Å². The summed E-state index contributed by atoms with van der Waals surface area (Å²) in [4.78, 5) is 115. The summed E-state index contributed by atoms with van der Waals surface area (Å²) in [5.41, 5.74) is 4.15. The first-order valence-corrected chi connectivity index (χ1v) is 49.1. The number of benzene rings is 11. The molecular formula is C109H83F9N8O20S4. The maximum Gasteiger partial charge on any atom is 0.416 e. The normalized spacial score (nSPS) is 12.2. The first-order chi connectivity index (χ1) is 72.0. The first-order valence-electron chi connectivity index (χ1n) is 45.8. The van der Waals surface area contributed by atoms with Crippen molar-refractivity contribution in [1.29, 1.82) is 0 Å². The van der Waals surface area contributed by atoms with Crippen LogP contribution in [0.25, 0.3) is 97.7 Å². The lowest BCUT2D eigenvalue weighted by Crippen LogP contribution is -2.36. The molecule has 0 spiro atoms. The number of ether oxygens (including phenoxy) is 5. The molecule has 9 aromatic heterocycles. The third-order valence-corrected chi connectivity index (χ3v) is 28.9. The Morgan fingerprint density at radius 1 is 0.420 bits per heavy atom. The average Bonchev–Trinajstić information content (AvgIpc) is 1.71. The van der Waals surface area contributed by atoms with E-state index in [9.17, 15) is 93.2 Å². The number of hydrogen-bond donors (Lipinski definition) is 4. The van der Waals surface area contributed by atoms with Gasteiger partial charge in [-0.3, -0.25) is 19.2 Å². The number of hydrogen-bond acceptors (Lipinski definition) is 28. The Morgan fingerprint density at radius 3 is 1.50 bits per heavy atom. The highest BCUT2D eigenvalue weighted by molar-refractivity contribution is 8.00. The zero-order valence-corrected chi connectivity index (χ0v) is 83.0. The number of morpholine rings is 1. The molecule has 0 atom stereocenters. The molecule has 0 amide bonds. The Hall–Kier alpha value is -16.6. The van der Waals surface area contributed by atoms with E-state index in [4.69, 9.17) is 47.1 Å². The van der Waals surface area contributed by atoms with Gasteiger partial charge in [0, 0.05) is 85.4 Å². The number of nitrogens with zero attached hydrogens (tertiary/aromatic N) is 7. The minimum atomic E-state index is -4.61. The summed E-state index contributed by atoms with van der Waals surface area (Å²) in [5.74, 6) is -1.51. The average molecular weight is 2120 g/mol. The fourth-order valence-corrected chi connectivity index (χ4v) is 20.9. The van der Waals surface area contributed by atoms with E-state index < -0.39 is 108 Å². The molecule has 28 nitrogen and oxygen atoms in total. The highest BCUT2D eigenvalue weighted by Gasteiger charge is 2.35. The van der Waals surface area contributed by atoms with Crippen LogP contribution in [0.2, 0.25) is 0 Å². The minimum absolute atomic E-state index is 0.00822. The van der Waals surface area contributed by atoms with Gasteiger partial charge in [-0.1, -0.05) is 132 Å². The monoisotopic (exact) mass is 2120 g/mol. The minimum Gasteiger partial charge on any atom is -0.505 e. The van der Waals surface area contributed by atoms with Crippen molar-refractivity contribution in [2.75, 3.05) is 83.4 Å². The molecule has 0 unspecified atom stereocenters. The summed E-state index contributed by atoms with van der Waals surface area (Å²) < 4.78 is 177. The van der Waals surface area contributed by atoms with E-state index in [0.717, 1.165) is 69.9 Å². The maximum absolute atomic E-state index is 14.4. The number of fused-ring (bicyclic) bond motifs is 14. The smallest absolute Gasteiger partial charge is 0.416 e. The zero-order chi connectivity index (χ0) is 106. The molecule has 1 aliphatic rings. The number of nitrogen functional groups attached to an aromatic ring is 1. The van der Waals surface area contributed by atoms with E-state index in [1.54, 1.807) is 135 Å². The van der Waals surface area contributed by atoms with Crippen LogP contribution in [0.15, 0.2) is 328 Å². The predicted octanol–water partition coefficient (Wildman–Crippen LogP) is 21.6. The van der Waals surface area contributed by atoms with E-state index in [-0.39, 0.29) is 121 Å². The van der Waals surface area contributed by atoms with Crippen molar-refractivity contribution in [2.45, 2.75) is 81.8 Å². The molecule has 0 radical (unpaired) electrons. The fourth-order valence-electron chi connectivity index (χ4n) is 17.6. The topological polar surface area (TPSA) is 361 Å². The van der Waals surface area contributed by atoms with Gasteiger partial charge >= 0.3 is 34.9 Å². The molecule has 0 bridgehead atoms. The van der Waals surface area contributed by atoms with Gasteiger partial charge in [0.05, 0.1) is 101 Å². The molecule has 0 aliphatic carbocycles.